The summed E-state index contributed by atoms with van der Waals surface area (Å²) in [5.41, 5.74) is -1.83. The Morgan fingerprint density at radius 3 is 2.74 bits per heavy atom. The number of hydrogen-bond donors (Lipinski definition) is 6. The van der Waals surface area contributed by atoms with E-state index in [2.05, 4.69) is 4.52 Å². The summed E-state index contributed by atoms with van der Waals surface area (Å²) in [6.07, 6.45) is -5.17. The maximum Gasteiger partial charge on any atom is 0.403 e. The van der Waals surface area contributed by atoms with Gasteiger partial charge in [0, 0.05) is 12.3 Å². The highest BCUT2D eigenvalue weighted by molar-refractivity contribution is 7.50. The number of aliphatic carboxylic acids is 1. The molecule has 2 heterocycles. The van der Waals surface area contributed by atoms with Crippen LogP contribution < -0.4 is 16.3 Å². The van der Waals surface area contributed by atoms with E-state index in [1.165, 1.54) is 0 Å². The number of carbonyl (C=O) groups is 1. The normalized spacial score (nSPS) is 31.4. The van der Waals surface area contributed by atoms with Crippen LogP contribution in [0.4, 0.5) is 4.39 Å². The molecule has 0 aliphatic carbocycles. The quantitative estimate of drug-likeness (QED) is 0.261. The molecule has 0 spiro atoms. The molecule has 1 saturated heterocycles. The third kappa shape index (κ3) is 4.68. The van der Waals surface area contributed by atoms with Crippen molar-refractivity contribution in [3.05, 3.63) is 33.1 Å². The van der Waals surface area contributed by atoms with Crippen LogP contribution in [0.15, 0.2) is 21.9 Å². The number of carboxylic acids is 1. The minimum absolute atomic E-state index is 0.597. The van der Waals surface area contributed by atoms with Crippen molar-refractivity contribution in [2.45, 2.75) is 37.3 Å². The summed E-state index contributed by atoms with van der Waals surface area (Å²) in [7, 11) is -4.81. The standard InChI is InChI=1S/C12H17FN3O10P/c1-5(10(20)21)15-27(23,24)25-4-12(13)8(19)7(18)9(26-12)16-3-2-6(17)14-11(16)22/h2-3,5,7-9,18-19H,4H2,1H3,(H,20,21)(H,14,17,22)(H2,15,23,24)/t5-,7+,8-,9+,12+/m0/s1. The molecule has 1 unspecified atom stereocenters. The van der Waals surface area contributed by atoms with Gasteiger partial charge in [0.2, 0.25) is 0 Å². The lowest BCUT2D eigenvalue weighted by molar-refractivity contribution is -0.204. The second-order valence-electron chi connectivity index (χ2n) is 5.73. The van der Waals surface area contributed by atoms with Gasteiger partial charge in [-0.05, 0) is 6.92 Å². The molecule has 6 atom stereocenters. The topological polar surface area (TPSA) is 200 Å². The molecule has 1 aliphatic rings. The zero-order valence-corrected chi connectivity index (χ0v) is 14.6. The van der Waals surface area contributed by atoms with Gasteiger partial charge in [0.05, 0.1) is 0 Å². The number of nitrogens with one attached hydrogen (secondary N) is 2. The van der Waals surface area contributed by atoms with Gasteiger partial charge in [0.1, 0.15) is 24.9 Å². The Labute approximate surface area is 149 Å². The molecule has 0 amide bonds. The third-order valence-electron chi connectivity index (χ3n) is 3.66. The van der Waals surface area contributed by atoms with Crippen LogP contribution in [0.3, 0.4) is 0 Å². The molecule has 0 aromatic carbocycles. The minimum atomic E-state index is -4.81. The molecular weight excluding hydrogens is 396 g/mol. The predicted octanol–water partition coefficient (Wildman–Crippen LogP) is -2.37. The predicted molar refractivity (Wildman–Crippen MR) is 83.3 cm³/mol. The summed E-state index contributed by atoms with van der Waals surface area (Å²) in [4.78, 5) is 44.8. The second-order valence-corrected chi connectivity index (χ2v) is 7.29. The van der Waals surface area contributed by atoms with E-state index in [-0.39, 0.29) is 0 Å². The second kappa shape index (κ2) is 7.59. The maximum atomic E-state index is 14.8. The van der Waals surface area contributed by atoms with Gasteiger partial charge in [-0.15, -0.1) is 0 Å². The van der Waals surface area contributed by atoms with Gasteiger partial charge in [-0.2, -0.15) is 0 Å². The van der Waals surface area contributed by atoms with Crippen molar-refractivity contribution in [2.24, 2.45) is 0 Å². The van der Waals surface area contributed by atoms with Gasteiger partial charge < -0.3 is 24.9 Å². The number of alkyl halides is 1. The summed E-state index contributed by atoms with van der Waals surface area (Å²) in [5, 5.41) is 30.2. The van der Waals surface area contributed by atoms with Crippen molar-refractivity contribution in [3.8, 4) is 0 Å². The molecule has 27 heavy (non-hydrogen) atoms. The molecule has 1 fully saturated rings. The first kappa shape index (κ1) is 21.4. The Morgan fingerprint density at radius 1 is 1.56 bits per heavy atom. The van der Waals surface area contributed by atoms with E-state index in [9.17, 15) is 38.4 Å². The fourth-order valence-corrected chi connectivity index (χ4v) is 3.26. The van der Waals surface area contributed by atoms with Crippen LogP contribution in [0.1, 0.15) is 13.2 Å². The lowest BCUT2D eigenvalue weighted by atomic mass is 10.1. The number of ether oxygens (including phenoxy) is 1. The van der Waals surface area contributed by atoms with Gasteiger partial charge >= 0.3 is 19.4 Å². The molecule has 1 aromatic heterocycles. The van der Waals surface area contributed by atoms with Gasteiger partial charge in [-0.3, -0.25) is 23.7 Å². The number of carboxylic acid groups (broad SMARTS) is 1. The van der Waals surface area contributed by atoms with Crippen LogP contribution in [-0.4, -0.2) is 66.4 Å². The molecule has 0 radical (unpaired) electrons. The van der Waals surface area contributed by atoms with E-state index in [1.54, 1.807) is 5.09 Å². The number of rotatable bonds is 7. The summed E-state index contributed by atoms with van der Waals surface area (Å²) in [5.74, 6) is -4.69. The van der Waals surface area contributed by atoms with Crippen LogP contribution >= 0.6 is 7.75 Å². The SMILES string of the molecule is C[C@H](NP(=O)(O)OC[C@@]1(F)O[C@@H](n2ccc(=O)[nH]c2=O)[C@H](O)[C@@H]1O)C(=O)O. The number of H-pyrrole nitrogens is 1. The molecule has 2 rings (SSSR count). The first-order chi connectivity index (χ1) is 12.4. The van der Waals surface area contributed by atoms with E-state index in [0.29, 0.717) is 4.57 Å². The zero-order valence-electron chi connectivity index (χ0n) is 13.7. The lowest BCUT2D eigenvalue weighted by Crippen LogP contribution is -2.43. The minimum Gasteiger partial charge on any atom is -0.480 e. The average Bonchev–Trinajstić information content (AvgIpc) is 2.78. The van der Waals surface area contributed by atoms with Crippen molar-refractivity contribution in [3.63, 3.8) is 0 Å². The van der Waals surface area contributed by atoms with E-state index < -0.39 is 61.9 Å². The molecule has 152 valence electrons. The number of hydrogen-bond acceptors (Lipinski definition) is 8. The Balaban J connectivity index is 2.15. The van der Waals surface area contributed by atoms with Gasteiger partial charge in [0.25, 0.3) is 11.4 Å². The molecule has 1 aromatic rings. The van der Waals surface area contributed by atoms with Gasteiger partial charge in [-0.1, -0.05) is 0 Å². The summed E-state index contributed by atoms with van der Waals surface area (Å²) < 4.78 is 36.4. The largest absolute Gasteiger partial charge is 0.480 e. The average molecular weight is 413 g/mol. The first-order valence-corrected chi connectivity index (χ1v) is 8.96. The maximum absolute atomic E-state index is 14.8. The number of aliphatic hydroxyl groups is 2. The van der Waals surface area contributed by atoms with Crippen molar-refractivity contribution in [2.75, 3.05) is 6.61 Å². The van der Waals surface area contributed by atoms with E-state index in [4.69, 9.17) is 9.84 Å². The number of aromatic nitrogens is 2. The van der Waals surface area contributed by atoms with Crippen molar-refractivity contribution in [1.82, 2.24) is 14.6 Å². The number of aromatic amines is 1. The molecule has 1 aliphatic heterocycles. The zero-order chi connectivity index (χ0) is 20.6. The van der Waals surface area contributed by atoms with Crippen LogP contribution in [0, 0.1) is 0 Å². The molecule has 0 saturated carbocycles. The molecular formula is C12H17FN3O10P. The Hall–Kier alpha value is -1.93. The lowest BCUT2D eigenvalue weighted by Gasteiger charge is -2.24. The van der Waals surface area contributed by atoms with Crippen molar-refractivity contribution >= 4 is 13.7 Å². The van der Waals surface area contributed by atoms with E-state index in [0.717, 1.165) is 19.2 Å². The third-order valence-corrected chi connectivity index (χ3v) is 4.86. The fourth-order valence-electron chi connectivity index (χ4n) is 2.23. The van der Waals surface area contributed by atoms with Crippen molar-refractivity contribution in [1.29, 1.82) is 0 Å². The fraction of sp³-hybridized carbons (Fsp3) is 0.583. The van der Waals surface area contributed by atoms with Crippen LogP contribution in [0.2, 0.25) is 0 Å². The Kier molecular flexibility index (Phi) is 6.01. The molecule has 13 nitrogen and oxygen atoms in total. The van der Waals surface area contributed by atoms with Crippen LogP contribution in [0.25, 0.3) is 0 Å². The Morgan fingerprint density at radius 2 is 2.19 bits per heavy atom. The van der Waals surface area contributed by atoms with Gasteiger partial charge in [0.15, 0.2) is 6.23 Å². The monoisotopic (exact) mass is 413 g/mol. The van der Waals surface area contributed by atoms with Crippen molar-refractivity contribution < 1.29 is 43.2 Å². The first-order valence-electron chi connectivity index (χ1n) is 7.38. The smallest absolute Gasteiger partial charge is 0.403 e. The van der Waals surface area contributed by atoms with Crippen LogP contribution in [-0.2, 0) is 18.6 Å². The Bertz CT molecular complexity index is 873. The number of nitrogens with zero attached hydrogens (tertiary/aromatic N) is 1. The van der Waals surface area contributed by atoms with Gasteiger partial charge in [-0.25, -0.2) is 18.8 Å². The molecule has 0 bridgehead atoms. The summed E-state index contributed by atoms with van der Waals surface area (Å²) in [6.45, 7) is -0.351. The van der Waals surface area contributed by atoms with E-state index >= 15 is 0 Å². The van der Waals surface area contributed by atoms with Crippen LogP contribution in [0.5, 0.6) is 0 Å². The highest BCUT2D eigenvalue weighted by atomic mass is 31.2. The molecule has 15 heteroatoms. The van der Waals surface area contributed by atoms with E-state index in [1.807, 2.05) is 4.98 Å². The summed E-state index contributed by atoms with van der Waals surface area (Å²) >= 11 is 0. The summed E-state index contributed by atoms with van der Waals surface area (Å²) in [6, 6.07) is -0.624. The number of halogens is 1. The molecule has 6 N–H and O–H groups in total. The highest BCUT2D eigenvalue weighted by Gasteiger charge is 2.57. The number of aliphatic hydroxyl groups excluding tert-OH is 2. The highest BCUT2D eigenvalue weighted by Crippen LogP contribution is 2.43.